The van der Waals surface area contributed by atoms with Gasteiger partial charge in [0.05, 0.1) is 58.4 Å². The largest absolute Gasteiger partial charge is 0.465 e. The summed E-state index contributed by atoms with van der Waals surface area (Å²) >= 11 is 7.13. The van der Waals surface area contributed by atoms with Gasteiger partial charge < -0.3 is 46.1 Å². The molecule has 5 aromatic carbocycles. The number of halogens is 8. The number of amidine groups is 2. The zero-order chi connectivity index (χ0) is 77.9. The van der Waals surface area contributed by atoms with Crippen molar-refractivity contribution >= 4 is 86.6 Å². The van der Waals surface area contributed by atoms with E-state index < -0.39 is 41.1 Å². The van der Waals surface area contributed by atoms with Crippen molar-refractivity contribution in [2.24, 2.45) is 16.5 Å². The second kappa shape index (κ2) is 36.0. The van der Waals surface area contributed by atoms with E-state index in [0.717, 1.165) is 41.2 Å². The number of nitrogens with two attached hydrogens (primary N) is 2. The van der Waals surface area contributed by atoms with Crippen LogP contribution in [0.5, 0.6) is 0 Å². The van der Waals surface area contributed by atoms with Crippen LogP contribution in [-0.4, -0.2) is 126 Å². The molecule has 2 aliphatic heterocycles. The summed E-state index contributed by atoms with van der Waals surface area (Å²) in [5.41, 5.74) is 16.1. The van der Waals surface area contributed by atoms with Crippen molar-refractivity contribution < 1.29 is 54.6 Å². The van der Waals surface area contributed by atoms with Gasteiger partial charge in [0.2, 0.25) is 5.91 Å². The zero-order valence-corrected chi connectivity index (χ0v) is 60.1. The molecule has 7 N–H and O–H groups in total. The van der Waals surface area contributed by atoms with Crippen LogP contribution in [0.25, 0.3) is 5.69 Å². The molecule has 554 valence electrons. The number of likely N-dealkylation sites (N-methyl/N-ethyl adjacent to an activating group) is 1. The normalized spacial score (nSPS) is 12.8. The number of ether oxygens (including phenoxy) is 1. The van der Waals surface area contributed by atoms with E-state index in [1.807, 2.05) is 20.9 Å². The van der Waals surface area contributed by atoms with E-state index in [1.54, 1.807) is 108 Å². The summed E-state index contributed by atoms with van der Waals surface area (Å²) in [6, 6.07) is 29.2. The number of hydrogen-bond acceptors (Lipinski definition) is 17. The Labute approximate surface area is 630 Å². The Bertz CT molecular complexity index is 5280. The first-order valence-corrected chi connectivity index (χ1v) is 34.4. The van der Waals surface area contributed by atoms with Crippen LogP contribution in [0.3, 0.4) is 0 Å². The first-order chi connectivity index (χ1) is 52.1. The maximum Gasteiger partial charge on any atom is 0.418 e. The minimum absolute atomic E-state index is 0.0400. The molecule has 31 heteroatoms. The van der Waals surface area contributed by atoms with E-state index in [4.69, 9.17) is 33.2 Å². The second-order valence-corrected chi connectivity index (χ2v) is 25.6. The van der Waals surface area contributed by atoms with Gasteiger partial charge in [0, 0.05) is 138 Å². The number of carbonyl (C=O) groups excluding carboxylic acids is 4. The molecule has 2 saturated heterocycles. The van der Waals surface area contributed by atoms with Crippen LogP contribution in [-0.2, 0) is 28.3 Å². The third-order valence-corrected chi connectivity index (χ3v) is 17.1. The van der Waals surface area contributed by atoms with Gasteiger partial charge in [-0.2, -0.15) is 41.5 Å². The number of anilines is 4. The number of alkyl halides is 6. The predicted octanol–water partition coefficient (Wildman–Crippen LogP) is 13.0. The van der Waals surface area contributed by atoms with Gasteiger partial charge in [-0.3, -0.25) is 24.6 Å². The van der Waals surface area contributed by atoms with Crippen LogP contribution in [0.1, 0.15) is 112 Å². The lowest BCUT2D eigenvalue weighted by Gasteiger charge is -2.35. The highest BCUT2D eigenvalue weighted by atomic mass is 35.5. The van der Waals surface area contributed by atoms with Gasteiger partial charge in [-0.25, -0.2) is 29.3 Å². The zero-order valence-electron chi connectivity index (χ0n) is 58.5. The molecule has 0 aliphatic carbocycles. The monoisotopic (exact) mass is 1520 g/mol. The first kappa shape index (κ1) is 78.8. The number of benzene rings is 5. The fourth-order valence-electron chi connectivity index (χ4n) is 10.7. The van der Waals surface area contributed by atoms with Gasteiger partial charge >= 0.3 is 12.4 Å². The van der Waals surface area contributed by atoms with E-state index in [-0.39, 0.29) is 63.9 Å². The Morgan fingerprint density at radius 3 is 2.06 bits per heavy atom. The molecule has 0 spiro atoms. The van der Waals surface area contributed by atoms with E-state index in [2.05, 4.69) is 91.2 Å². The van der Waals surface area contributed by atoms with E-state index in [1.165, 1.54) is 66.2 Å². The third-order valence-electron chi connectivity index (χ3n) is 16.1. The van der Waals surface area contributed by atoms with Crippen LogP contribution in [0.2, 0.25) is 5.02 Å². The number of carbonyl (C=O) groups is 4. The van der Waals surface area contributed by atoms with Crippen LogP contribution >= 0.6 is 23.4 Å². The van der Waals surface area contributed by atoms with E-state index >= 15 is 0 Å². The number of ketones is 1. The maximum atomic E-state index is 14.2. The average molecular weight is 1520 g/mol. The smallest absolute Gasteiger partial charge is 0.418 e. The molecule has 12 rings (SSSR count). The molecule has 7 heterocycles. The average Bonchev–Trinajstić information content (AvgIpc) is 1.64. The second-order valence-electron chi connectivity index (χ2n) is 24.2. The number of thioether (sulfide) groups is 1. The Kier molecular flexibility index (Phi) is 26.0. The number of piperazine rings is 1. The lowest BCUT2D eigenvalue weighted by molar-refractivity contribution is -0.138. The Morgan fingerprint density at radius 1 is 0.670 bits per heavy atom. The number of amides is 3. The fourth-order valence-corrected chi connectivity index (χ4v) is 11.3. The van der Waals surface area contributed by atoms with Crippen molar-refractivity contribution in [2.75, 3.05) is 66.8 Å². The van der Waals surface area contributed by atoms with Gasteiger partial charge in [-0.15, -0.1) is 0 Å². The van der Waals surface area contributed by atoms with Crippen LogP contribution in [0.15, 0.2) is 181 Å². The van der Waals surface area contributed by atoms with Crippen molar-refractivity contribution in [3.05, 3.63) is 260 Å². The highest BCUT2D eigenvalue weighted by molar-refractivity contribution is 8.13. The van der Waals surface area contributed by atoms with E-state index in [0.29, 0.717) is 118 Å². The molecule has 0 saturated carbocycles. The molecule has 2 aliphatic rings. The molecule has 5 aromatic heterocycles. The van der Waals surface area contributed by atoms with Crippen molar-refractivity contribution in [3.8, 4) is 41.2 Å². The number of aryl methyl sites for hydroxylation is 2. The number of aliphatic imine (C=N–C) groups is 1. The highest BCUT2D eigenvalue weighted by Gasteiger charge is 2.37. The molecule has 109 heavy (non-hydrogen) atoms. The summed E-state index contributed by atoms with van der Waals surface area (Å²) in [6.07, 6.45) is 3.82. The quantitative estimate of drug-likeness (QED) is 0.0136. The number of rotatable bonds is 13. The first-order valence-electron chi connectivity index (χ1n) is 33.2. The molecule has 10 aromatic rings. The maximum absolute atomic E-state index is 14.2. The van der Waals surface area contributed by atoms with Gasteiger partial charge in [0.1, 0.15) is 11.5 Å². The number of aromatic nitrogens is 8. The Hall–Kier alpha value is -12.8. The number of Topliss-reactive ketones (excluding diaryl/α,β-unsaturated/α-hetero) is 1. The Morgan fingerprint density at radius 2 is 1.38 bits per heavy atom. The van der Waals surface area contributed by atoms with Crippen molar-refractivity contribution in [1.82, 2.24) is 44.6 Å². The summed E-state index contributed by atoms with van der Waals surface area (Å²) in [6.45, 7) is 8.59. The summed E-state index contributed by atoms with van der Waals surface area (Å²) in [4.78, 5) is 80.6. The lowest BCUT2D eigenvalue weighted by atomic mass is 9.98. The summed E-state index contributed by atoms with van der Waals surface area (Å²) < 4.78 is 103. The van der Waals surface area contributed by atoms with Crippen molar-refractivity contribution in [1.29, 1.82) is 5.41 Å². The summed E-state index contributed by atoms with van der Waals surface area (Å²) in [5.74, 6) is 15.7. The van der Waals surface area contributed by atoms with E-state index in [9.17, 15) is 49.9 Å². The van der Waals surface area contributed by atoms with Crippen LogP contribution in [0, 0.1) is 60.6 Å². The minimum atomic E-state index is -4.66. The molecular formula is C78H65ClF7N17O5S. The van der Waals surface area contributed by atoms with Crippen LogP contribution < -0.4 is 31.9 Å². The highest BCUT2D eigenvalue weighted by Crippen LogP contribution is 2.39. The number of pyridine rings is 2. The summed E-state index contributed by atoms with van der Waals surface area (Å²) in [7, 11) is 1.95. The topological polar surface area (TPSA) is 295 Å². The molecule has 3 amide bonds. The van der Waals surface area contributed by atoms with Crippen molar-refractivity contribution in [3.63, 3.8) is 0 Å². The lowest BCUT2D eigenvalue weighted by Crippen LogP contribution is -2.45. The van der Waals surface area contributed by atoms with Gasteiger partial charge in [-0.1, -0.05) is 53.3 Å². The van der Waals surface area contributed by atoms with Crippen molar-refractivity contribution in [2.45, 2.75) is 57.5 Å². The van der Waals surface area contributed by atoms with Gasteiger partial charge in [0.25, 0.3) is 17.8 Å². The molecule has 0 radical (unpaired) electrons. The summed E-state index contributed by atoms with van der Waals surface area (Å²) in [5, 5.41) is 20.5. The number of imidazole rings is 1. The van der Waals surface area contributed by atoms with Gasteiger partial charge in [-0.05, 0) is 172 Å². The SMILES string of the molecule is CCOC(N)=Nc1ccc(C#Cc2cc(NC(=O)c3cc(F)cc(-n4cnc(C)c4)c3)ccn2)cn1.CN1CCN(c2ccc(CC(=O)c3ccc(Cl)c(C#Cc4ccnnc4)c3)cc2C(F)(F)F)CC1.Cc1ccc(C(=O)Nc2cc(N3CCCC3=O)cc(C(F)(F)F)c2)cc1C#Cc1cnc(SC(=N)N)nc1. The molecule has 22 nitrogen and oxygen atoms in total. The standard InChI is InChI=1S/C26H22ClF3N4O.C26H21F3N6O2S.C26H22FN7O2/c1-33-10-12-34(13-11-33)24-7-3-19(14-22(24)26(28,29)30)15-25(35)21-5-6-23(27)20(16-21)4-2-18-8-9-31-32-17-18;1-15-4-6-18(9-17(15)7-5-16-13-32-25(33-14-16)38-24(30)31)23(37)34-20-10-19(26(27,28)29)11-21(12-20)35-8-2-3-22(35)36;1-3-36-26(28)33-24-7-5-18(14-30-24)4-6-21-13-22(8-9-29-21)32-25(35)19-10-20(27)12-23(11-19)34-15-17(2)31-16-34/h3,5-9,14,16-17H,10-13,15H2,1H3;4,6,9-14H,2-3,8H2,1H3,(H3,30,31)(H,34,37);5,7-16H,3H2,1-2H3,(H2,28,30,33)(H,29,32,35). The Balaban J connectivity index is 0.000000174. The molecule has 0 atom stereocenters. The molecule has 0 unspecified atom stereocenters. The van der Waals surface area contributed by atoms with Gasteiger partial charge in [0.15, 0.2) is 21.9 Å². The minimum Gasteiger partial charge on any atom is -0.465 e. The van der Waals surface area contributed by atoms with Crippen LogP contribution in [0.4, 0.5) is 59.3 Å². The number of hydrogen-bond donors (Lipinski definition) is 5. The fraction of sp³-hybridized carbons (Fsp3) is 0.192. The molecular weight excluding hydrogens is 1460 g/mol. The molecule has 2 fully saturated rings. The number of nitrogens with one attached hydrogen (secondary N) is 3. The number of nitrogens with zero attached hydrogens (tertiary/aromatic N) is 12. The third kappa shape index (κ3) is 22.6. The molecule has 0 bridgehead atoms. The predicted molar refractivity (Wildman–Crippen MR) is 400 cm³/mol.